The van der Waals surface area contributed by atoms with Crippen LogP contribution < -0.4 is 9.80 Å². The van der Waals surface area contributed by atoms with E-state index in [-0.39, 0.29) is 42.8 Å². The molecule has 3 aromatic rings. The summed E-state index contributed by atoms with van der Waals surface area (Å²) < 4.78 is 135. The Morgan fingerprint density at radius 3 is 2.22 bits per heavy atom. The maximum Gasteiger partial charge on any atom is 0.433 e. The number of fused-ring (bicyclic) bond motifs is 1. The number of halogens is 9. The summed E-state index contributed by atoms with van der Waals surface area (Å²) in [6.07, 6.45) is -16.2. The Balaban J connectivity index is 1.65. The largest absolute Gasteiger partial charge is 0.443 e. The van der Waals surface area contributed by atoms with Gasteiger partial charge in [-0.05, 0) is 54.0 Å². The van der Waals surface area contributed by atoms with Crippen molar-refractivity contribution >= 4 is 17.7 Å². The number of alkyl halides is 9. The molecule has 1 saturated heterocycles. The van der Waals surface area contributed by atoms with Gasteiger partial charge in [0, 0.05) is 19.0 Å². The molecule has 250 valence electrons. The van der Waals surface area contributed by atoms with Crippen molar-refractivity contribution in [2.75, 3.05) is 23.0 Å². The van der Waals surface area contributed by atoms with Gasteiger partial charge in [0.2, 0.25) is 0 Å². The minimum atomic E-state index is -5.15. The lowest BCUT2D eigenvalue weighted by molar-refractivity contribution is -0.143. The zero-order valence-corrected chi connectivity index (χ0v) is 24.1. The van der Waals surface area contributed by atoms with Gasteiger partial charge >= 0.3 is 24.6 Å². The third kappa shape index (κ3) is 6.97. The zero-order valence-electron chi connectivity index (χ0n) is 24.1. The van der Waals surface area contributed by atoms with Gasteiger partial charge in [0.05, 0.1) is 48.8 Å². The second kappa shape index (κ2) is 12.2. The van der Waals surface area contributed by atoms with Crippen molar-refractivity contribution in [2.45, 2.75) is 69.4 Å². The fourth-order valence-corrected chi connectivity index (χ4v) is 5.44. The topological polar surface area (TPSA) is 98.5 Å². The number of rotatable bonds is 6. The van der Waals surface area contributed by atoms with E-state index in [9.17, 15) is 44.3 Å². The molecule has 10 nitrogen and oxygen atoms in total. The van der Waals surface area contributed by atoms with Gasteiger partial charge in [0.1, 0.15) is 11.8 Å². The molecule has 0 unspecified atom stereocenters. The Hall–Kier alpha value is -4.16. The summed E-state index contributed by atoms with van der Waals surface area (Å²) in [4.78, 5) is 20.5. The van der Waals surface area contributed by atoms with Crippen molar-refractivity contribution in [3.8, 4) is 0 Å². The molecular weight excluding hydrogens is 641 g/mol. The smallest absolute Gasteiger partial charge is 0.433 e. The first kappa shape index (κ1) is 33.2. The predicted octanol–water partition coefficient (Wildman–Crippen LogP) is 6.32. The van der Waals surface area contributed by atoms with E-state index in [1.165, 1.54) is 7.05 Å². The lowest BCUT2D eigenvalue weighted by atomic mass is 9.91. The molecule has 0 radical (unpaired) electrons. The number of carbonyl (C=O) groups excluding carboxylic acids is 1. The average molecular weight is 668 g/mol. The maximum atomic E-state index is 13.9. The minimum absolute atomic E-state index is 0.0343. The molecule has 2 aliphatic heterocycles. The van der Waals surface area contributed by atoms with Gasteiger partial charge in [-0.25, -0.2) is 9.78 Å². The van der Waals surface area contributed by atoms with E-state index in [2.05, 4.69) is 20.4 Å². The van der Waals surface area contributed by atoms with Crippen LogP contribution in [0.1, 0.15) is 60.3 Å². The van der Waals surface area contributed by atoms with Crippen molar-refractivity contribution in [1.29, 1.82) is 0 Å². The van der Waals surface area contributed by atoms with Crippen LogP contribution in [0.5, 0.6) is 0 Å². The SMILES string of the molecule is CC[C@@H]1C[C@H](N(Cc2cc(C(F)(F)F)cc(C(F)(F)F)c2)c2nnn(C)n2)c2nc(C(F)(F)F)ccc2N1C(=O)O[C@@H]1CCOC1. The summed E-state index contributed by atoms with van der Waals surface area (Å²) in [5.74, 6) is -0.308. The summed E-state index contributed by atoms with van der Waals surface area (Å²) in [7, 11) is 1.34. The summed E-state index contributed by atoms with van der Waals surface area (Å²) in [6.45, 7) is 1.44. The molecule has 19 heteroatoms. The van der Waals surface area contributed by atoms with Gasteiger partial charge in [-0.15, -0.1) is 5.10 Å². The number of nitrogens with zero attached hydrogens (tertiary/aromatic N) is 7. The first-order chi connectivity index (χ1) is 21.5. The number of hydrogen-bond donors (Lipinski definition) is 0. The average Bonchev–Trinajstić information content (AvgIpc) is 3.64. The van der Waals surface area contributed by atoms with Crippen LogP contribution in [0.2, 0.25) is 0 Å². The van der Waals surface area contributed by atoms with Crippen molar-refractivity contribution < 1.29 is 53.8 Å². The number of aryl methyl sites for hydroxylation is 1. The predicted molar refractivity (Wildman–Crippen MR) is 140 cm³/mol. The van der Waals surface area contributed by atoms with Crippen molar-refractivity contribution in [2.24, 2.45) is 7.05 Å². The van der Waals surface area contributed by atoms with E-state index in [1.807, 2.05) is 0 Å². The van der Waals surface area contributed by atoms with Crippen molar-refractivity contribution in [3.05, 3.63) is 58.4 Å². The van der Waals surface area contributed by atoms with Crippen LogP contribution in [-0.2, 0) is 41.6 Å². The summed E-state index contributed by atoms with van der Waals surface area (Å²) >= 11 is 0. The van der Waals surface area contributed by atoms with Gasteiger partial charge in [-0.1, -0.05) is 12.0 Å². The lowest BCUT2D eigenvalue weighted by Crippen LogP contribution is -2.49. The third-order valence-corrected chi connectivity index (χ3v) is 7.58. The first-order valence-electron chi connectivity index (χ1n) is 13.9. The van der Waals surface area contributed by atoms with Crippen molar-refractivity contribution in [3.63, 3.8) is 0 Å². The van der Waals surface area contributed by atoms with E-state index < -0.39 is 71.7 Å². The lowest BCUT2D eigenvalue weighted by Gasteiger charge is -2.43. The number of ether oxygens (including phenoxy) is 2. The van der Waals surface area contributed by atoms with Crippen LogP contribution in [0.25, 0.3) is 0 Å². The van der Waals surface area contributed by atoms with Gasteiger partial charge in [-0.2, -0.15) is 44.3 Å². The van der Waals surface area contributed by atoms with E-state index >= 15 is 0 Å². The molecule has 0 spiro atoms. The molecular formula is C27H26F9N7O3. The van der Waals surface area contributed by atoms with Gasteiger partial charge in [0.15, 0.2) is 0 Å². The fraction of sp³-hybridized carbons (Fsp3) is 0.519. The van der Waals surface area contributed by atoms with Crippen LogP contribution in [-0.4, -0.2) is 56.6 Å². The monoisotopic (exact) mass is 667 g/mol. The Morgan fingerprint density at radius 2 is 1.70 bits per heavy atom. The van der Waals surface area contributed by atoms with Gasteiger partial charge in [0.25, 0.3) is 5.95 Å². The molecule has 0 bridgehead atoms. The van der Waals surface area contributed by atoms with Crippen LogP contribution >= 0.6 is 0 Å². The highest BCUT2D eigenvalue weighted by molar-refractivity contribution is 5.90. The molecule has 3 atom stereocenters. The number of anilines is 2. The minimum Gasteiger partial charge on any atom is -0.443 e. The Labute approximate surface area is 255 Å². The fourth-order valence-electron chi connectivity index (χ4n) is 5.44. The molecule has 1 aromatic carbocycles. The third-order valence-electron chi connectivity index (χ3n) is 7.58. The van der Waals surface area contributed by atoms with Crippen LogP contribution in [0, 0.1) is 0 Å². The second-order valence-electron chi connectivity index (χ2n) is 10.8. The molecule has 0 N–H and O–H groups in total. The number of amides is 1. The molecule has 1 fully saturated rings. The van der Waals surface area contributed by atoms with Crippen molar-refractivity contribution in [1.82, 2.24) is 25.2 Å². The molecule has 0 aliphatic carbocycles. The number of benzene rings is 1. The maximum absolute atomic E-state index is 13.9. The molecule has 2 aromatic heterocycles. The Morgan fingerprint density at radius 1 is 1.02 bits per heavy atom. The Kier molecular flexibility index (Phi) is 8.82. The first-order valence-corrected chi connectivity index (χ1v) is 13.9. The van der Waals surface area contributed by atoms with E-state index in [4.69, 9.17) is 9.47 Å². The second-order valence-corrected chi connectivity index (χ2v) is 10.8. The molecule has 46 heavy (non-hydrogen) atoms. The number of tetrazole rings is 1. The van der Waals surface area contributed by atoms with E-state index in [0.29, 0.717) is 31.2 Å². The highest BCUT2D eigenvalue weighted by atomic mass is 19.4. The highest BCUT2D eigenvalue weighted by Gasteiger charge is 2.44. The molecule has 5 rings (SSSR count). The van der Waals surface area contributed by atoms with Crippen LogP contribution in [0.15, 0.2) is 30.3 Å². The number of hydrogen-bond acceptors (Lipinski definition) is 8. The highest BCUT2D eigenvalue weighted by Crippen LogP contribution is 2.45. The quantitative estimate of drug-likeness (QED) is 0.282. The number of carbonyl (C=O) groups is 1. The summed E-state index contributed by atoms with van der Waals surface area (Å²) in [5, 5.41) is 11.6. The molecule has 1 amide bonds. The summed E-state index contributed by atoms with van der Waals surface area (Å²) in [5.41, 5.74) is -5.42. The number of pyridine rings is 1. The van der Waals surface area contributed by atoms with Crippen LogP contribution in [0.3, 0.4) is 0 Å². The van der Waals surface area contributed by atoms with E-state index in [0.717, 1.165) is 20.7 Å². The van der Waals surface area contributed by atoms with E-state index in [1.54, 1.807) is 6.92 Å². The zero-order chi connectivity index (χ0) is 33.6. The molecule has 2 aliphatic rings. The van der Waals surface area contributed by atoms with Gasteiger partial charge < -0.3 is 14.4 Å². The summed E-state index contributed by atoms with van der Waals surface area (Å²) in [6, 6.07) is 0.652. The molecule has 4 heterocycles. The molecule has 0 saturated carbocycles. The standard InChI is InChI=1S/C27H26F9N7O3/c1-3-17-11-20(22-19(4-5-21(37-22)27(34,35)36)43(17)24(44)46-18-6-7-45-13-18)42(23-38-40-41(2)39-23)12-14-8-15(25(28,29)30)10-16(9-14)26(31,32)33/h4-5,8-10,17-18,20H,3,6-7,11-13H2,1-2H3/t17-,18-,20+/m1/s1. The Bertz CT molecular complexity index is 1540. The number of aromatic nitrogens is 5. The van der Waals surface area contributed by atoms with Gasteiger partial charge in [-0.3, -0.25) is 4.90 Å². The van der Waals surface area contributed by atoms with Crippen LogP contribution in [0.4, 0.5) is 55.9 Å². The normalized spacial score (nSPS) is 20.5.